The second-order valence-electron chi connectivity index (χ2n) is 7.24. The summed E-state index contributed by atoms with van der Waals surface area (Å²) >= 11 is 0. The molecule has 4 rings (SSSR count). The Balaban J connectivity index is 1.59. The van der Waals surface area contributed by atoms with E-state index < -0.39 is 29.6 Å². The van der Waals surface area contributed by atoms with E-state index in [-0.39, 0.29) is 12.3 Å². The van der Waals surface area contributed by atoms with Crippen LogP contribution >= 0.6 is 0 Å². The molecule has 1 aliphatic heterocycles. The molecule has 2 atom stereocenters. The van der Waals surface area contributed by atoms with Crippen LogP contribution in [0.15, 0.2) is 48.8 Å². The van der Waals surface area contributed by atoms with Gasteiger partial charge in [-0.2, -0.15) is 0 Å². The van der Waals surface area contributed by atoms with Crippen molar-refractivity contribution in [3.8, 4) is 11.4 Å². The molecule has 0 saturated carbocycles. The molecule has 3 aromatic rings. The van der Waals surface area contributed by atoms with E-state index in [1.165, 1.54) is 21.9 Å². The van der Waals surface area contributed by atoms with Gasteiger partial charge in [-0.3, -0.25) is 14.2 Å². The summed E-state index contributed by atoms with van der Waals surface area (Å²) in [5.74, 6) is -2.79. The minimum absolute atomic E-state index is 0.190. The van der Waals surface area contributed by atoms with Gasteiger partial charge < -0.3 is 10.2 Å². The molecule has 1 unspecified atom stereocenters. The Morgan fingerprint density at radius 1 is 1.20 bits per heavy atom. The molecular weight excluding hydrogens is 392 g/mol. The number of aromatic nitrogens is 3. The van der Waals surface area contributed by atoms with Crippen LogP contribution in [0.25, 0.3) is 11.4 Å². The molecule has 1 aliphatic rings. The van der Waals surface area contributed by atoms with E-state index in [1.54, 1.807) is 20.0 Å². The molecule has 7 nitrogen and oxygen atoms in total. The molecule has 0 bridgehead atoms. The smallest absolute Gasteiger partial charge is 0.270 e. The summed E-state index contributed by atoms with van der Waals surface area (Å²) in [5, 5.41) is 10.8. The number of fused-ring (bicyclic) bond motifs is 3. The maximum atomic E-state index is 13.5. The number of benzene rings is 2. The van der Waals surface area contributed by atoms with Gasteiger partial charge >= 0.3 is 0 Å². The first kappa shape index (κ1) is 19.7. The van der Waals surface area contributed by atoms with Crippen molar-refractivity contribution in [3.63, 3.8) is 0 Å². The molecule has 2 aromatic carbocycles. The Morgan fingerprint density at radius 2 is 1.97 bits per heavy atom. The first-order valence-electron chi connectivity index (χ1n) is 9.37. The Bertz CT molecular complexity index is 1130. The van der Waals surface area contributed by atoms with Crippen LogP contribution in [0.1, 0.15) is 18.7 Å². The quantitative estimate of drug-likeness (QED) is 0.716. The average Bonchev–Trinajstić information content (AvgIpc) is 3.20. The number of hydrogen-bond acceptors (Lipinski definition) is 4. The second kappa shape index (κ2) is 7.66. The zero-order valence-corrected chi connectivity index (χ0v) is 16.3. The highest BCUT2D eigenvalue weighted by atomic mass is 19.2. The molecule has 0 aliphatic carbocycles. The molecule has 1 aromatic heterocycles. The minimum atomic E-state index is -1.03. The molecule has 1 N–H and O–H groups in total. The molecule has 154 valence electrons. The lowest BCUT2D eigenvalue weighted by molar-refractivity contribution is -0.131. The number of amides is 2. The highest BCUT2D eigenvalue weighted by molar-refractivity contribution is 6.02. The van der Waals surface area contributed by atoms with E-state index in [1.807, 2.05) is 18.2 Å². The van der Waals surface area contributed by atoms with Crippen LogP contribution in [0.4, 0.5) is 14.5 Å². The van der Waals surface area contributed by atoms with Gasteiger partial charge in [-0.25, -0.2) is 8.78 Å². The summed E-state index contributed by atoms with van der Waals surface area (Å²) in [6.07, 6.45) is 0.552. The summed E-state index contributed by atoms with van der Waals surface area (Å²) in [6, 6.07) is 10.8. The van der Waals surface area contributed by atoms with Crippen LogP contribution < -0.4 is 10.2 Å². The van der Waals surface area contributed by atoms with Crippen molar-refractivity contribution in [1.82, 2.24) is 20.1 Å². The second-order valence-corrected chi connectivity index (χ2v) is 7.24. The lowest BCUT2D eigenvalue weighted by Gasteiger charge is -2.24. The fourth-order valence-corrected chi connectivity index (χ4v) is 3.52. The third-order valence-electron chi connectivity index (χ3n) is 5.17. The predicted molar refractivity (Wildman–Crippen MR) is 105 cm³/mol. The van der Waals surface area contributed by atoms with E-state index in [0.29, 0.717) is 17.1 Å². The van der Waals surface area contributed by atoms with Gasteiger partial charge in [0, 0.05) is 18.5 Å². The van der Waals surface area contributed by atoms with Crippen molar-refractivity contribution < 1.29 is 18.4 Å². The topological polar surface area (TPSA) is 80.1 Å². The monoisotopic (exact) mass is 411 g/mol. The number of carbonyl (C=O) groups is 2. The zero-order chi connectivity index (χ0) is 21.4. The normalized spacial score (nSPS) is 16.5. The van der Waals surface area contributed by atoms with Gasteiger partial charge in [0.15, 0.2) is 23.6 Å². The third kappa shape index (κ3) is 3.42. The molecule has 30 heavy (non-hydrogen) atoms. The average molecular weight is 411 g/mol. The number of carbonyl (C=O) groups excluding carboxylic acids is 2. The SMILES string of the molecule is C[C@@H](Cc1ccc(F)c(F)c1)C(=O)NC1C(=O)N(C)c2ccccc2-c2nncn21. The van der Waals surface area contributed by atoms with Gasteiger partial charge in [0.2, 0.25) is 5.91 Å². The van der Waals surface area contributed by atoms with E-state index in [2.05, 4.69) is 15.5 Å². The van der Waals surface area contributed by atoms with Crippen molar-refractivity contribution in [2.75, 3.05) is 11.9 Å². The number of likely N-dealkylation sites (N-methyl/N-ethyl adjacent to an activating group) is 1. The summed E-state index contributed by atoms with van der Waals surface area (Å²) in [5.41, 5.74) is 1.86. The van der Waals surface area contributed by atoms with E-state index in [9.17, 15) is 18.4 Å². The number of anilines is 1. The van der Waals surface area contributed by atoms with E-state index in [0.717, 1.165) is 17.7 Å². The number of halogens is 2. The number of hydrogen-bond donors (Lipinski definition) is 1. The number of para-hydroxylation sites is 1. The van der Waals surface area contributed by atoms with Crippen LogP contribution in [-0.4, -0.2) is 33.6 Å². The van der Waals surface area contributed by atoms with Gasteiger partial charge in [-0.1, -0.05) is 25.1 Å². The van der Waals surface area contributed by atoms with Crippen LogP contribution in [0.5, 0.6) is 0 Å². The third-order valence-corrected chi connectivity index (χ3v) is 5.17. The lowest BCUT2D eigenvalue weighted by Crippen LogP contribution is -2.45. The fourth-order valence-electron chi connectivity index (χ4n) is 3.52. The van der Waals surface area contributed by atoms with Crippen molar-refractivity contribution >= 4 is 17.5 Å². The standard InChI is InChI=1S/C21H19F2N5O2/c1-12(9-13-7-8-15(22)16(23)10-13)20(29)25-19-21(30)27(2)17-6-4-3-5-14(17)18-26-24-11-28(18)19/h3-8,10-12,19H,9H2,1-2H3,(H,25,29)/t12-,19?/m0/s1. The minimum Gasteiger partial charge on any atom is -0.327 e. The summed E-state index contributed by atoms with van der Waals surface area (Å²) in [4.78, 5) is 27.4. The predicted octanol–water partition coefficient (Wildman–Crippen LogP) is 2.69. The molecule has 0 radical (unpaired) electrons. The lowest BCUT2D eigenvalue weighted by atomic mass is 10.00. The molecular formula is C21H19F2N5O2. The van der Waals surface area contributed by atoms with Crippen LogP contribution in [-0.2, 0) is 16.0 Å². The van der Waals surface area contributed by atoms with E-state index >= 15 is 0 Å². The first-order valence-corrected chi connectivity index (χ1v) is 9.37. The largest absolute Gasteiger partial charge is 0.327 e. The van der Waals surface area contributed by atoms with Crippen LogP contribution in [0.2, 0.25) is 0 Å². The highest BCUT2D eigenvalue weighted by Gasteiger charge is 2.34. The molecule has 0 saturated heterocycles. The van der Waals surface area contributed by atoms with Crippen molar-refractivity contribution in [3.05, 3.63) is 66.0 Å². The Labute approximate surface area is 171 Å². The molecule has 0 spiro atoms. The summed E-state index contributed by atoms with van der Waals surface area (Å²) in [6.45, 7) is 1.66. The van der Waals surface area contributed by atoms with Crippen LogP contribution in [0.3, 0.4) is 0 Å². The number of rotatable bonds is 4. The molecule has 2 amide bonds. The fraction of sp³-hybridized carbons (Fsp3) is 0.238. The Morgan fingerprint density at radius 3 is 2.73 bits per heavy atom. The number of nitrogens with zero attached hydrogens (tertiary/aromatic N) is 4. The molecule has 0 fully saturated rings. The maximum absolute atomic E-state index is 13.5. The Hall–Kier alpha value is -3.62. The van der Waals surface area contributed by atoms with Gasteiger partial charge in [0.25, 0.3) is 5.91 Å². The molecule has 9 heteroatoms. The summed E-state index contributed by atoms with van der Waals surface area (Å²) < 4.78 is 28.1. The zero-order valence-electron chi connectivity index (χ0n) is 16.3. The van der Waals surface area contributed by atoms with Crippen molar-refractivity contribution in [2.24, 2.45) is 5.92 Å². The Kier molecular flexibility index (Phi) is 5.03. The van der Waals surface area contributed by atoms with Gasteiger partial charge in [0.05, 0.1) is 5.69 Å². The first-order chi connectivity index (χ1) is 14.4. The van der Waals surface area contributed by atoms with Crippen molar-refractivity contribution in [2.45, 2.75) is 19.5 Å². The van der Waals surface area contributed by atoms with Gasteiger partial charge in [-0.05, 0) is 36.2 Å². The highest BCUT2D eigenvalue weighted by Crippen LogP contribution is 2.34. The van der Waals surface area contributed by atoms with Crippen LogP contribution in [0, 0.1) is 17.6 Å². The van der Waals surface area contributed by atoms with E-state index in [4.69, 9.17) is 0 Å². The number of nitrogens with one attached hydrogen (secondary N) is 1. The molecule has 2 heterocycles. The maximum Gasteiger partial charge on any atom is 0.270 e. The van der Waals surface area contributed by atoms with Gasteiger partial charge in [0.1, 0.15) is 6.33 Å². The van der Waals surface area contributed by atoms with Crippen molar-refractivity contribution in [1.29, 1.82) is 0 Å². The summed E-state index contributed by atoms with van der Waals surface area (Å²) in [7, 11) is 1.63. The van der Waals surface area contributed by atoms with Gasteiger partial charge in [-0.15, -0.1) is 10.2 Å².